The third-order valence-corrected chi connectivity index (χ3v) is 3.06. The third kappa shape index (κ3) is 1.95. The van der Waals surface area contributed by atoms with Crippen LogP contribution in [0.3, 0.4) is 0 Å². The van der Waals surface area contributed by atoms with Crippen molar-refractivity contribution in [2.45, 2.75) is 32.4 Å². The molecular formula is C13H17NO2. The molecule has 3 heteroatoms. The fourth-order valence-corrected chi connectivity index (χ4v) is 2.07. The number of ether oxygens (including phenoxy) is 1. The molecule has 1 aromatic carbocycles. The highest BCUT2D eigenvalue weighted by Gasteiger charge is 2.37. The molecule has 0 spiro atoms. The van der Waals surface area contributed by atoms with E-state index in [0.29, 0.717) is 13.0 Å². The first-order valence-electron chi connectivity index (χ1n) is 5.65. The third-order valence-electron chi connectivity index (χ3n) is 3.06. The highest BCUT2D eigenvalue weighted by atomic mass is 16.5. The number of fused-ring (bicyclic) bond motifs is 1. The Morgan fingerprint density at radius 2 is 2.12 bits per heavy atom. The normalized spacial score (nSPS) is 23.6. The quantitative estimate of drug-likeness (QED) is 0.769. The molecule has 0 bridgehead atoms. The number of benzene rings is 1. The van der Waals surface area contributed by atoms with E-state index in [1.54, 1.807) is 0 Å². The van der Waals surface area contributed by atoms with Crippen molar-refractivity contribution in [3.8, 4) is 0 Å². The maximum Gasteiger partial charge on any atom is 0.326 e. The number of carbonyl (C=O) groups is 1. The zero-order valence-electron chi connectivity index (χ0n) is 9.75. The summed E-state index contributed by atoms with van der Waals surface area (Å²) in [5.41, 5.74) is 1.92. The number of nitrogens with one attached hydrogen (secondary N) is 1. The van der Waals surface area contributed by atoms with Crippen LogP contribution in [0.2, 0.25) is 0 Å². The molecule has 1 aliphatic rings. The van der Waals surface area contributed by atoms with Gasteiger partial charge in [0, 0.05) is 13.0 Å². The Hall–Kier alpha value is -1.35. The predicted molar refractivity (Wildman–Crippen MR) is 62.0 cm³/mol. The van der Waals surface area contributed by atoms with Gasteiger partial charge in [0.1, 0.15) is 5.54 Å². The standard InChI is InChI=1S/C13H17NO2/c1-3-16-12(15)13(2)8-10-6-4-5-7-11(10)9-14-13/h4-7,14H,3,8-9H2,1-2H3. The molecule has 16 heavy (non-hydrogen) atoms. The summed E-state index contributed by atoms with van der Waals surface area (Å²) in [4.78, 5) is 11.8. The number of esters is 1. The monoisotopic (exact) mass is 219 g/mol. The molecule has 0 saturated carbocycles. The summed E-state index contributed by atoms with van der Waals surface area (Å²) in [6.07, 6.45) is 0.696. The summed E-state index contributed by atoms with van der Waals surface area (Å²) in [7, 11) is 0. The molecule has 1 N–H and O–H groups in total. The van der Waals surface area contributed by atoms with Crippen molar-refractivity contribution in [2.75, 3.05) is 6.61 Å². The fourth-order valence-electron chi connectivity index (χ4n) is 2.07. The molecule has 1 atom stereocenters. The Kier molecular flexibility index (Phi) is 2.97. The number of rotatable bonds is 2. The van der Waals surface area contributed by atoms with E-state index in [0.717, 1.165) is 6.54 Å². The molecule has 0 radical (unpaired) electrons. The van der Waals surface area contributed by atoms with Crippen molar-refractivity contribution in [3.63, 3.8) is 0 Å². The van der Waals surface area contributed by atoms with Gasteiger partial charge in [-0.25, -0.2) is 0 Å². The predicted octanol–water partition coefficient (Wildman–Crippen LogP) is 1.65. The van der Waals surface area contributed by atoms with Crippen LogP contribution in [0.4, 0.5) is 0 Å². The van der Waals surface area contributed by atoms with Gasteiger partial charge in [-0.15, -0.1) is 0 Å². The molecule has 1 unspecified atom stereocenters. The molecule has 0 aromatic heterocycles. The maximum absolute atomic E-state index is 11.8. The first-order chi connectivity index (χ1) is 7.65. The topological polar surface area (TPSA) is 38.3 Å². The van der Waals surface area contributed by atoms with Gasteiger partial charge in [-0.1, -0.05) is 24.3 Å². The van der Waals surface area contributed by atoms with Gasteiger partial charge in [-0.2, -0.15) is 0 Å². The molecule has 1 heterocycles. The van der Waals surface area contributed by atoms with Crippen LogP contribution in [-0.2, 0) is 22.5 Å². The van der Waals surface area contributed by atoms with Crippen LogP contribution >= 0.6 is 0 Å². The van der Waals surface area contributed by atoms with E-state index in [2.05, 4.69) is 17.4 Å². The lowest BCUT2D eigenvalue weighted by Crippen LogP contribution is -2.54. The second-order valence-corrected chi connectivity index (χ2v) is 4.35. The molecule has 1 aromatic rings. The van der Waals surface area contributed by atoms with E-state index in [9.17, 15) is 4.79 Å². The van der Waals surface area contributed by atoms with E-state index in [4.69, 9.17) is 4.74 Å². The molecule has 2 rings (SSSR count). The Morgan fingerprint density at radius 3 is 2.81 bits per heavy atom. The summed E-state index contributed by atoms with van der Waals surface area (Å²) in [5.74, 6) is -0.162. The van der Waals surface area contributed by atoms with Gasteiger partial charge in [0.2, 0.25) is 0 Å². The van der Waals surface area contributed by atoms with E-state index < -0.39 is 5.54 Å². The van der Waals surface area contributed by atoms with Crippen LogP contribution in [0.5, 0.6) is 0 Å². The highest BCUT2D eigenvalue weighted by Crippen LogP contribution is 2.23. The Balaban J connectivity index is 2.21. The summed E-state index contributed by atoms with van der Waals surface area (Å²) >= 11 is 0. The molecule has 0 saturated heterocycles. The zero-order chi connectivity index (χ0) is 11.6. The van der Waals surface area contributed by atoms with E-state index in [1.807, 2.05) is 26.0 Å². The highest BCUT2D eigenvalue weighted by molar-refractivity contribution is 5.81. The minimum Gasteiger partial charge on any atom is -0.465 e. The lowest BCUT2D eigenvalue weighted by molar-refractivity contribution is -0.150. The summed E-state index contributed by atoms with van der Waals surface area (Å²) in [5, 5.41) is 3.26. The van der Waals surface area contributed by atoms with Crippen molar-refractivity contribution < 1.29 is 9.53 Å². The van der Waals surface area contributed by atoms with Crippen molar-refractivity contribution in [1.29, 1.82) is 0 Å². The van der Waals surface area contributed by atoms with Gasteiger partial charge in [-0.3, -0.25) is 10.1 Å². The van der Waals surface area contributed by atoms with Crippen LogP contribution in [0.25, 0.3) is 0 Å². The largest absolute Gasteiger partial charge is 0.465 e. The summed E-state index contributed by atoms with van der Waals surface area (Å²) < 4.78 is 5.10. The minimum absolute atomic E-state index is 0.162. The van der Waals surface area contributed by atoms with Crippen LogP contribution in [-0.4, -0.2) is 18.1 Å². The van der Waals surface area contributed by atoms with Gasteiger partial charge < -0.3 is 4.74 Å². The molecule has 3 nitrogen and oxygen atoms in total. The second-order valence-electron chi connectivity index (χ2n) is 4.35. The SMILES string of the molecule is CCOC(=O)C1(C)Cc2ccccc2CN1. The Morgan fingerprint density at radius 1 is 1.44 bits per heavy atom. The fraction of sp³-hybridized carbons (Fsp3) is 0.462. The van der Waals surface area contributed by atoms with Gasteiger partial charge in [-0.05, 0) is 25.0 Å². The van der Waals surface area contributed by atoms with Gasteiger partial charge >= 0.3 is 5.97 Å². The minimum atomic E-state index is -0.579. The van der Waals surface area contributed by atoms with Crippen molar-refractivity contribution in [2.24, 2.45) is 0 Å². The molecule has 0 fully saturated rings. The summed E-state index contributed by atoms with van der Waals surface area (Å²) in [6.45, 7) is 4.89. The average molecular weight is 219 g/mol. The molecule has 1 aliphatic heterocycles. The molecule has 0 aliphatic carbocycles. The molecule has 86 valence electrons. The van der Waals surface area contributed by atoms with Crippen LogP contribution < -0.4 is 5.32 Å². The maximum atomic E-state index is 11.8. The van der Waals surface area contributed by atoms with Crippen LogP contribution in [0.15, 0.2) is 24.3 Å². The van der Waals surface area contributed by atoms with Gasteiger partial charge in [0.25, 0.3) is 0 Å². The van der Waals surface area contributed by atoms with E-state index in [-0.39, 0.29) is 5.97 Å². The average Bonchev–Trinajstić information content (AvgIpc) is 2.29. The van der Waals surface area contributed by atoms with Crippen molar-refractivity contribution in [1.82, 2.24) is 5.32 Å². The Labute approximate surface area is 95.8 Å². The lowest BCUT2D eigenvalue weighted by Gasteiger charge is -2.33. The van der Waals surface area contributed by atoms with E-state index in [1.165, 1.54) is 11.1 Å². The molecular weight excluding hydrogens is 202 g/mol. The smallest absolute Gasteiger partial charge is 0.326 e. The lowest BCUT2D eigenvalue weighted by atomic mass is 9.86. The first-order valence-corrected chi connectivity index (χ1v) is 5.65. The Bertz CT molecular complexity index is 403. The van der Waals surface area contributed by atoms with Gasteiger partial charge in [0.15, 0.2) is 0 Å². The number of carbonyl (C=O) groups excluding carboxylic acids is 1. The van der Waals surface area contributed by atoms with Crippen molar-refractivity contribution in [3.05, 3.63) is 35.4 Å². The van der Waals surface area contributed by atoms with Crippen LogP contribution in [0.1, 0.15) is 25.0 Å². The summed E-state index contributed by atoms with van der Waals surface area (Å²) in [6, 6.07) is 8.20. The number of hydrogen-bond acceptors (Lipinski definition) is 3. The second kappa shape index (κ2) is 4.26. The zero-order valence-corrected chi connectivity index (χ0v) is 9.75. The first kappa shape index (κ1) is 11.1. The molecule has 0 amide bonds. The van der Waals surface area contributed by atoms with Gasteiger partial charge in [0.05, 0.1) is 6.61 Å². The number of hydrogen-bond donors (Lipinski definition) is 1. The van der Waals surface area contributed by atoms with Crippen LogP contribution in [0, 0.1) is 0 Å². The van der Waals surface area contributed by atoms with Crippen molar-refractivity contribution >= 4 is 5.97 Å². The van der Waals surface area contributed by atoms with E-state index >= 15 is 0 Å².